The summed E-state index contributed by atoms with van der Waals surface area (Å²) in [5.74, 6) is -3.11. The molecule has 1 heterocycles. The van der Waals surface area contributed by atoms with Gasteiger partial charge >= 0.3 is 5.97 Å². The van der Waals surface area contributed by atoms with Gasteiger partial charge < -0.3 is 20.5 Å². The second-order valence-corrected chi connectivity index (χ2v) is 6.39. The molecule has 27 heavy (non-hydrogen) atoms. The number of ketones is 1. The van der Waals surface area contributed by atoms with Crippen molar-refractivity contribution < 1.29 is 24.6 Å². The van der Waals surface area contributed by atoms with E-state index in [0.29, 0.717) is 21.5 Å². The van der Waals surface area contributed by atoms with E-state index in [1.54, 1.807) is 30.3 Å². The minimum Gasteiger partial charge on any atom is -0.508 e. The number of carbonyl (C=O) groups excluding carboxylic acids is 2. The Balaban J connectivity index is 1.78. The molecule has 8 heteroatoms. The number of aromatic nitrogens is 1. The lowest BCUT2D eigenvalue weighted by Crippen LogP contribution is -2.45. The number of fused-ring (bicyclic) bond motifs is 1. The van der Waals surface area contributed by atoms with E-state index in [9.17, 15) is 24.6 Å². The van der Waals surface area contributed by atoms with E-state index in [4.69, 9.17) is 11.6 Å². The van der Waals surface area contributed by atoms with Crippen molar-refractivity contribution in [1.29, 1.82) is 0 Å². The number of rotatable bonds is 6. The number of amides is 1. The Hall–Kier alpha value is -3.32. The van der Waals surface area contributed by atoms with Crippen LogP contribution in [0.3, 0.4) is 0 Å². The predicted octanol–water partition coefficient (Wildman–Crippen LogP) is 2.52. The summed E-state index contributed by atoms with van der Waals surface area (Å²) in [5, 5.41) is 21.8. The van der Waals surface area contributed by atoms with Crippen LogP contribution in [0.2, 0.25) is 5.02 Å². The van der Waals surface area contributed by atoms with Crippen LogP contribution in [0.25, 0.3) is 10.9 Å². The summed E-state index contributed by atoms with van der Waals surface area (Å²) in [5.41, 5.74) is 1.33. The average molecular weight is 387 g/mol. The first kappa shape index (κ1) is 18.5. The SMILES string of the molecule is O=C(NC(Cc1ccc(O)cc1)C(=O)O)C(=O)c1c[nH]c2ccc(Cl)cc12. The second-order valence-electron chi connectivity index (χ2n) is 5.96. The number of carboxylic acids is 1. The van der Waals surface area contributed by atoms with Gasteiger partial charge in [0.25, 0.3) is 11.7 Å². The molecule has 1 aromatic heterocycles. The van der Waals surface area contributed by atoms with Crippen LogP contribution in [0.5, 0.6) is 5.75 Å². The Kier molecular flexibility index (Phi) is 5.14. The van der Waals surface area contributed by atoms with Gasteiger partial charge in [-0.25, -0.2) is 4.79 Å². The zero-order valence-electron chi connectivity index (χ0n) is 13.9. The van der Waals surface area contributed by atoms with Gasteiger partial charge in [0.1, 0.15) is 11.8 Å². The van der Waals surface area contributed by atoms with E-state index >= 15 is 0 Å². The Morgan fingerprint density at radius 3 is 2.48 bits per heavy atom. The molecule has 0 saturated heterocycles. The number of nitrogens with one attached hydrogen (secondary N) is 2. The number of aromatic hydroxyl groups is 1. The highest BCUT2D eigenvalue weighted by molar-refractivity contribution is 6.45. The van der Waals surface area contributed by atoms with E-state index in [2.05, 4.69) is 10.3 Å². The van der Waals surface area contributed by atoms with Gasteiger partial charge in [-0.15, -0.1) is 0 Å². The van der Waals surface area contributed by atoms with Crippen LogP contribution in [0.4, 0.5) is 0 Å². The van der Waals surface area contributed by atoms with Crippen LogP contribution in [-0.2, 0) is 16.0 Å². The highest BCUT2D eigenvalue weighted by atomic mass is 35.5. The van der Waals surface area contributed by atoms with Crippen molar-refractivity contribution in [3.05, 3.63) is 64.8 Å². The van der Waals surface area contributed by atoms with Crippen LogP contribution in [0.1, 0.15) is 15.9 Å². The van der Waals surface area contributed by atoms with Crippen LogP contribution >= 0.6 is 11.6 Å². The Morgan fingerprint density at radius 1 is 1.11 bits per heavy atom. The first-order valence-electron chi connectivity index (χ1n) is 7.97. The number of H-pyrrole nitrogens is 1. The summed E-state index contributed by atoms with van der Waals surface area (Å²) < 4.78 is 0. The maximum atomic E-state index is 12.5. The summed E-state index contributed by atoms with van der Waals surface area (Å²) in [4.78, 5) is 39.1. The molecule has 0 saturated carbocycles. The second kappa shape index (κ2) is 7.51. The lowest BCUT2D eigenvalue weighted by atomic mass is 10.0. The summed E-state index contributed by atoms with van der Waals surface area (Å²) in [6.45, 7) is 0. The molecule has 0 aliphatic heterocycles. The summed E-state index contributed by atoms with van der Waals surface area (Å²) in [6, 6.07) is 9.50. The zero-order chi connectivity index (χ0) is 19.6. The van der Waals surface area contributed by atoms with Gasteiger partial charge in [-0.1, -0.05) is 23.7 Å². The maximum Gasteiger partial charge on any atom is 0.326 e. The Morgan fingerprint density at radius 2 is 1.81 bits per heavy atom. The molecule has 7 nitrogen and oxygen atoms in total. The molecule has 0 bridgehead atoms. The van der Waals surface area contributed by atoms with Crippen molar-refractivity contribution in [2.75, 3.05) is 0 Å². The van der Waals surface area contributed by atoms with Crippen LogP contribution in [-0.4, -0.2) is 38.9 Å². The molecule has 2 aromatic carbocycles. The predicted molar refractivity (Wildman–Crippen MR) is 99.0 cm³/mol. The number of hydrogen-bond acceptors (Lipinski definition) is 4. The minimum atomic E-state index is -1.29. The largest absolute Gasteiger partial charge is 0.508 e. The smallest absolute Gasteiger partial charge is 0.326 e. The van der Waals surface area contributed by atoms with Crippen molar-refractivity contribution >= 4 is 40.2 Å². The highest BCUT2D eigenvalue weighted by Crippen LogP contribution is 2.23. The molecule has 3 aromatic rings. The topological polar surface area (TPSA) is 119 Å². The van der Waals surface area contributed by atoms with Crippen molar-refractivity contribution in [1.82, 2.24) is 10.3 Å². The number of halogens is 1. The Labute approximate surface area is 158 Å². The van der Waals surface area contributed by atoms with Gasteiger partial charge in [0.05, 0.1) is 5.56 Å². The molecule has 1 unspecified atom stereocenters. The van der Waals surface area contributed by atoms with Crippen molar-refractivity contribution in [2.45, 2.75) is 12.5 Å². The molecule has 0 aliphatic carbocycles. The lowest BCUT2D eigenvalue weighted by molar-refractivity contribution is -0.141. The fraction of sp³-hybridized carbons (Fsp3) is 0.105. The van der Waals surface area contributed by atoms with E-state index in [0.717, 1.165) is 0 Å². The van der Waals surface area contributed by atoms with E-state index in [1.165, 1.54) is 18.3 Å². The standard InChI is InChI=1S/C19H15ClN2O5/c20-11-3-6-15-13(8-11)14(9-21-15)17(24)18(25)22-16(19(26)27)7-10-1-4-12(23)5-2-10/h1-6,8-9,16,21,23H,7H2,(H,22,25)(H,26,27). The number of hydrogen-bond donors (Lipinski definition) is 4. The first-order valence-corrected chi connectivity index (χ1v) is 8.35. The average Bonchev–Trinajstić information content (AvgIpc) is 3.05. The third-order valence-corrected chi connectivity index (χ3v) is 4.31. The van der Waals surface area contributed by atoms with Crippen molar-refractivity contribution in [3.63, 3.8) is 0 Å². The van der Waals surface area contributed by atoms with Gasteiger partial charge in [-0.05, 0) is 35.9 Å². The number of carbonyl (C=O) groups is 3. The number of phenols is 1. The zero-order valence-corrected chi connectivity index (χ0v) is 14.7. The molecular weight excluding hydrogens is 372 g/mol. The normalized spacial score (nSPS) is 11.9. The molecule has 0 fully saturated rings. The van der Waals surface area contributed by atoms with Crippen molar-refractivity contribution in [3.8, 4) is 5.75 Å². The number of carboxylic acid groups (broad SMARTS) is 1. The molecule has 0 aliphatic rings. The lowest BCUT2D eigenvalue weighted by Gasteiger charge is -2.14. The van der Waals surface area contributed by atoms with Gasteiger partial charge in [0.2, 0.25) is 0 Å². The van der Waals surface area contributed by atoms with E-state index < -0.39 is 23.7 Å². The van der Waals surface area contributed by atoms with Crippen LogP contribution < -0.4 is 5.32 Å². The van der Waals surface area contributed by atoms with Gasteiger partial charge in [0, 0.05) is 28.5 Å². The molecular formula is C19H15ClN2O5. The molecule has 3 rings (SSSR count). The summed E-state index contributed by atoms with van der Waals surface area (Å²) >= 11 is 5.94. The molecule has 0 radical (unpaired) electrons. The number of phenolic OH excluding ortho intramolecular Hbond substituents is 1. The van der Waals surface area contributed by atoms with Crippen LogP contribution in [0, 0.1) is 0 Å². The number of Topliss-reactive ketones (excluding diaryl/α,β-unsaturated/α-hetero) is 1. The van der Waals surface area contributed by atoms with Gasteiger partial charge in [-0.2, -0.15) is 0 Å². The molecule has 1 amide bonds. The Bertz CT molecular complexity index is 1030. The van der Waals surface area contributed by atoms with Gasteiger partial charge in [0.15, 0.2) is 0 Å². The number of aliphatic carboxylic acids is 1. The van der Waals surface area contributed by atoms with Crippen LogP contribution in [0.15, 0.2) is 48.7 Å². The molecule has 4 N–H and O–H groups in total. The number of benzene rings is 2. The molecule has 138 valence electrons. The molecule has 1 atom stereocenters. The third kappa shape index (κ3) is 4.09. The fourth-order valence-electron chi connectivity index (χ4n) is 2.69. The number of aromatic amines is 1. The first-order chi connectivity index (χ1) is 12.8. The van der Waals surface area contributed by atoms with Crippen molar-refractivity contribution in [2.24, 2.45) is 0 Å². The van der Waals surface area contributed by atoms with Gasteiger partial charge in [-0.3, -0.25) is 9.59 Å². The van der Waals surface area contributed by atoms with E-state index in [-0.39, 0.29) is 17.7 Å². The highest BCUT2D eigenvalue weighted by Gasteiger charge is 2.26. The summed E-state index contributed by atoms with van der Waals surface area (Å²) in [6.07, 6.45) is 1.35. The van der Waals surface area contributed by atoms with E-state index in [1.807, 2.05) is 0 Å². The third-order valence-electron chi connectivity index (χ3n) is 4.07. The monoisotopic (exact) mass is 386 g/mol. The summed E-state index contributed by atoms with van der Waals surface area (Å²) in [7, 11) is 0. The maximum absolute atomic E-state index is 12.5. The fourth-order valence-corrected chi connectivity index (χ4v) is 2.87. The minimum absolute atomic E-state index is 0.0334. The quantitative estimate of drug-likeness (QED) is 0.383. The molecule has 0 spiro atoms.